The second kappa shape index (κ2) is 6.47. The van der Waals surface area contributed by atoms with Crippen LogP contribution in [0.5, 0.6) is 5.75 Å². The summed E-state index contributed by atoms with van der Waals surface area (Å²) in [6.07, 6.45) is 1.06. The monoisotopic (exact) mass is 336 g/mol. The summed E-state index contributed by atoms with van der Waals surface area (Å²) in [5.74, 6) is 1.57. The highest BCUT2D eigenvalue weighted by Crippen LogP contribution is 2.30. The van der Waals surface area contributed by atoms with Crippen molar-refractivity contribution in [3.8, 4) is 5.75 Å². The Morgan fingerprint density at radius 3 is 3.04 bits per heavy atom. The maximum absolute atomic E-state index is 11.3. The van der Waals surface area contributed by atoms with Crippen molar-refractivity contribution in [3.05, 3.63) is 48.3 Å². The molecule has 0 atom stereocenters. The first-order valence-electron chi connectivity index (χ1n) is 8.49. The molecule has 2 aromatic carbocycles. The van der Waals surface area contributed by atoms with Crippen LogP contribution < -0.4 is 15.4 Å². The predicted octanol–water partition coefficient (Wildman–Crippen LogP) is 3.39. The van der Waals surface area contributed by atoms with Gasteiger partial charge in [-0.2, -0.15) is 0 Å². The lowest BCUT2D eigenvalue weighted by Gasteiger charge is -2.19. The van der Waals surface area contributed by atoms with Crippen LogP contribution in [0, 0.1) is 0 Å². The third-order valence-electron chi connectivity index (χ3n) is 4.25. The molecule has 2 heterocycles. The van der Waals surface area contributed by atoms with Crippen molar-refractivity contribution >= 4 is 28.3 Å². The van der Waals surface area contributed by atoms with Crippen LogP contribution in [0.15, 0.2) is 42.5 Å². The van der Waals surface area contributed by atoms with Crippen LogP contribution in [0.25, 0.3) is 11.0 Å². The lowest BCUT2D eigenvalue weighted by molar-refractivity contribution is -0.118. The molecule has 1 aliphatic heterocycles. The number of ether oxygens (including phenoxy) is 1. The van der Waals surface area contributed by atoms with E-state index in [1.54, 1.807) is 0 Å². The number of fused-ring (bicyclic) bond motifs is 2. The Labute approximate surface area is 145 Å². The van der Waals surface area contributed by atoms with Crippen LogP contribution in [0.1, 0.15) is 19.2 Å². The van der Waals surface area contributed by atoms with Crippen LogP contribution in [0.2, 0.25) is 0 Å². The number of nitrogens with zero attached hydrogens (tertiary/aromatic N) is 2. The quantitative estimate of drug-likeness (QED) is 0.749. The summed E-state index contributed by atoms with van der Waals surface area (Å²) in [6, 6.07) is 13.9. The molecule has 1 aliphatic rings. The average molecular weight is 336 g/mol. The highest BCUT2D eigenvalue weighted by molar-refractivity contribution is 5.95. The number of amides is 1. The molecule has 0 saturated heterocycles. The normalized spacial score (nSPS) is 13.2. The zero-order valence-electron chi connectivity index (χ0n) is 14.1. The van der Waals surface area contributed by atoms with Gasteiger partial charge in [-0.25, -0.2) is 4.98 Å². The van der Waals surface area contributed by atoms with E-state index in [-0.39, 0.29) is 12.5 Å². The molecule has 25 heavy (non-hydrogen) atoms. The Hall–Kier alpha value is -3.02. The van der Waals surface area contributed by atoms with Gasteiger partial charge in [0, 0.05) is 18.3 Å². The lowest BCUT2D eigenvalue weighted by Crippen LogP contribution is -2.25. The van der Waals surface area contributed by atoms with Crippen molar-refractivity contribution in [1.82, 2.24) is 9.55 Å². The van der Waals surface area contributed by atoms with Gasteiger partial charge in [0.05, 0.1) is 23.3 Å². The van der Waals surface area contributed by atoms with Gasteiger partial charge in [0.25, 0.3) is 5.91 Å². The summed E-state index contributed by atoms with van der Waals surface area (Å²) in [6.45, 7) is 3.79. The van der Waals surface area contributed by atoms with Crippen molar-refractivity contribution in [3.63, 3.8) is 0 Å². The van der Waals surface area contributed by atoms with Gasteiger partial charge < -0.3 is 19.9 Å². The number of hydrogen-bond acceptors (Lipinski definition) is 4. The third-order valence-corrected chi connectivity index (χ3v) is 4.25. The summed E-state index contributed by atoms with van der Waals surface area (Å²) in [5, 5.41) is 6.20. The van der Waals surface area contributed by atoms with Gasteiger partial charge >= 0.3 is 0 Å². The molecule has 0 spiro atoms. The van der Waals surface area contributed by atoms with Crippen molar-refractivity contribution in [2.45, 2.75) is 26.4 Å². The standard InChI is InChI=1S/C19H20N4O2/c1-2-9-23-16-6-4-3-5-14(16)21-18(23)11-20-13-7-8-15-17(10-13)25-12-19(24)22-15/h3-8,10,20H,2,9,11-12H2,1H3,(H,22,24). The Bertz CT molecular complexity index is 932. The fourth-order valence-corrected chi connectivity index (χ4v) is 3.10. The first-order chi connectivity index (χ1) is 12.2. The summed E-state index contributed by atoms with van der Waals surface area (Å²) < 4.78 is 7.73. The van der Waals surface area contributed by atoms with Gasteiger partial charge in [0.1, 0.15) is 11.6 Å². The van der Waals surface area contributed by atoms with Gasteiger partial charge in [-0.3, -0.25) is 4.79 Å². The van der Waals surface area contributed by atoms with Crippen LogP contribution in [0.3, 0.4) is 0 Å². The average Bonchev–Trinajstić information content (AvgIpc) is 2.98. The van der Waals surface area contributed by atoms with E-state index in [0.29, 0.717) is 18.0 Å². The summed E-state index contributed by atoms with van der Waals surface area (Å²) in [5.41, 5.74) is 3.83. The van der Waals surface area contributed by atoms with Gasteiger partial charge in [-0.1, -0.05) is 19.1 Å². The van der Waals surface area contributed by atoms with E-state index in [1.807, 2.05) is 36.4 Å². The first kappa shape index (κ1) is 15.5. The summed E-state index contributed by atoms with van der Waals surface area (Å²) in [4.78, 5) is 16.1. The fourth-order valence-electron chi connectivity index (χ4n) is 3.10. The van der Waals surface area contributed by atoms with E-state index in [0.717, 1.165) is 35.5 Å². The predicted molar refractivity (Wildman–Crippen MR) is 97.9 cm³/mol. The van der Waals surface area contributed by atoms with Crippen molar-refractivity contribution < 1.29 is 9.53 Å². The second-order valence-corrected chi connectivity index (χ2v) is 6.07. The number of anilines is 2. The van der Waals surface area contributed by atoms with E-state index in [2.05, 4.69) is 28.2 Å². The Morgan fingerprint density at radius 1 is 1.28 bits per heavy atom. The summed E-state index contributed by atoms with van der Waals surface area (Å²) >= 11 is 0. The number of para-hydroxylation sites is 2. The maximum atomic E-state index is 11.3. The molecule has 2 N–H and O–H groups in total. The zero-order chi connectivity index (χ0) is 17.2. The minimum Gasteiger partial charge on any atom is -0.482 e. The number of carbonyl (C=O) groups excluding carboxylic acids is 1. The molecule has 0 aliphatic carbocycles. The molecule has 3 aromatic rings. The van der Waals surface area contributed by atoms with E-state index in [9.17, 15) is 4.79 Å². The van der Waals surface area contributed by atoms with Crippen molar-refractivity contribution in [2.24, 2.45) is 0 Å². The van der Waals surface area contributed by atoms with E-state index >= 15 is 0 Å². The number of benzene rings is 2. The van der Waals surface area contributed by atoms with Crippen molar-refractivity contribution in [2.75, 3.05) is 17.2 Å². The number of imidazole rings is 1. The van der Waals surface area contributed by atoms with Gasteiger partial charge in [-0.15, -0.1) is 0 Å². The molecule has 6 nitrogen and oxygen atoms in total. The SMILES string of the molecule is CCCn1c(CNc2ccc3c(c2)OCC(=O)N3)nc2ccccc21. The number of carbonyl (C=O) groups is 1. The Kier molecular flexibility index (Phi) is 4.01. The van der Waals surface area contributed by atoms with Gasteiger partial charge in [0.2, 0.25) is 0 Å². The fraction of sp³-hybridized carbons (Fsp3) is 0.263. The number of aryl methyl sites for hydroxylation is 1. The van der Waals surface area contributed by atoms with Crippen molar-refractivity contribution in [1.29, 1.82) is 0 Å². The molecule has 0 saturated carbocycles. The van der Waals surface area contributed by atoms with E-state index in [4.69, 9.17) is 9.72 Å². The number of nitrogens with one attached hydrogen (secondary N) is 2. The zero-order valence-corrected chi connectivity index (χ0v) is 14.1. The molecule has 0 bridgehead atoms. The third kappa shape index (κ3) is 3.03. The second-order valence-electron chi connectivity index (χ2n) is 6.07. The van der Waals surface area contributed by atoms with Gasteiger partial charge in [0.15, 0.2) is 6.61 Å². The van der Waals surface area contributed by atoms with E-state index < -0.39 is 0 Å². The topological polar surface area (TPSA) is 68.2 Å². The Morgan fingerprint density at radius 2 is 2.16 bits per heavy atom. The number of aromatic nitrogens is 2. The first-order valence-corrected chi connectivity index (χ1v) is 8.49. The van der Waals surface area contributed by atoms with Crippen LogP contribution >= 0.6 is 0 Å². The van der Waals surface area contributed by atoms with Crippen LogP contribution in [0.4, 0.5) is 11.4 Å². The molecular formula is C19H20N4O2. The minimum absolute atomic E-state index is 0.0583. The molecule has 0 fully saturated rings. The van der Waals surface area contributed by atoms with E-state index in [1.165, 1.54) is 0 Å². The lowest BCUT2D eigenvalue weighted by atomic mass is 10.2. The molecule has 4 rings (SSSR count). The Balaban J connectivity index is 1.56. The van der Waals surface area contributed by atoms with Crippen LogP contribution in [-0.2, 0) is 17.9 Å². The van der Waals surface area contributed by atoms with Crippen LogP contribution in [-0.4, -0.2) is 22.1 Å². The smallest absolute Gasteiger partial charge is 0.262 e. The highest BCUT2D eigenvalue weighted by Gasteiger charge is 2.16. The summed E-state index contributed by atoms with van der Waals surface area (Å²) in [7, 11) is 0. The molecule has 6 heteroatoms. The number of hydrogen-bond donors (Lipinski definition) is 2. The molecule has 0 radical (unpaired) electrons. The molecule has 0 unspecified atom stereocenters. The number of rotatable bonds is 5. The minimum atomic E-state index is -0.124. The molecule has 128 valence electrons. The largest absolute Gasteiger partial charge is 0.482 e. The molecular weight excluding hydrogens is 316 g/mol. The molecule has 1 aromatic heterocycles. The van der Waals surface area contributed by atoms with Gasteiger partial charge in [-0.05, 0) is 30.7 Å². The highest BCUT2D eigenvalue weighted by atomic mass is 16.5. The molecule has 1 amide bonds. The maximum Gasteiger partial charge on any atom is 0.262 e.